The van der Waals surface area contributed by atoms with Crippen LogP contribution in [0.15, 0.2) is 78.4 Å². The monoisotopic (exact) mass is 499 g/mol. The Morgan fingerprint density at radius 3 is 2.05 bits per heavy atom. The number of methoxy groups -OCH3 is 1. The predicted molar refractivity (Wildman–Crippen MR) is 138 cm³/mol. The Morgan fingerprint density at radius 1 is 0.865 bits per heavy atom. The van der Waals surface area contributed by atoms with E-state index >= 15 is 0 Å². The molecule has 9 nitrogen and oxygen atoms in total. The molecule has 0 aliphatic rings. The minimum Gasteiger partial charge on any atom is -0.497 e. The molecule has 2 N–H and O–H groups in total. The highest BCUT2D eigenvalue weighted by molar-refractivity contribution is 6.09. The van der Waals surface area contributed by atoms with Gasteiger partial charge in [0.05, 0.1) is 19.3 Å². The molecule has 2 amide bonds. The van der Waals surface area contributed by atoms with Gasteiger partial charge in [-0.3, -0.25) is 9.59 Å². The molecule has 0 heterocycles. The van der Waals surface area contributed by atoms with E-state index in [1.165, 1.54) is 18.2 Å². The zero-order valence-electron chi connectivity index (χ0n) is 20.3. The maximum Gasteiger partial charge on any atom is 0.338 e. The van der Waals surface area contributed by atoms with Crippen LogP contribution in [0.5, 0.6) is 11.5 Å². The van der Waals surface area contributed by atoms with Gasteiger partial charge in [0.15, 0.2) is 6.61 Å². The van der Waals surface area contributed by atoms with Crippen LogP contribution in [0.1, 0.15) is 22.8 Å². The van der Waals surface area contributed by atoms with Crippen molar-refractivity contribution in [1.29, 1.82) is 5.26 Å². The summed E-state index contributed by atoms with van der Waals surface area (Å²) >= 11 is 0. The van der Waals surface area contributed by atoms with E-state index in [9.17, 15) is 19.6 Å². The average molecular weight is 500 g/mol. The number of esters is 1. The molecule has 0 unspecified atom stereocenters. The number of hydrogen-bond acceptors (Lipinski definition) is 7. The zero-order valence-corrected chi connectivity index (χ0v) is 20.3. The first kappa shape index (κ1) is 26.5. The number of amides is 2. The molecule has 9 heteroatoms. The third kappa shape index (κ3) is 7.97. The van der Waals surface area contributed by atoms with Crippen LogP contribution in [0, 0.1) is 11.3 Å². The Labute approximate surface area is 214 Å². The first-order chi connectivity index (χ1) is 17.9. The minimum absolute atomic E-state index is 0.109. The topological polar surface area (TPSA) is 127 Å². The van der Waals surface area contributed by atoms with Crippen LogP contribution in [0.3, 0.4) is 0 Å². The fraction of sp³-hybridized carbons (Fsp3) is 0.143. The third-order valence-corrected chi connectivity index (χ3v) is 4.95. The molecule has 0 spiro atoms. The Balaban J connectivity index is 1.54. The van der Waals surface area contributed by atoms with E-state index in [0.717, 1.165) is 0 Å². The average Bonchev–Trinajstić information content (AvgIpc) is 2.92. The molecule has 0 radical (unpaired) electrons. The molecule has 0 aromatic heterocycles. The third-order valence-electron chi connectivity index (χ3n) is 4.95. The van der Waals surface area contributed by atoms with Gasteiger partial charge < -0.3 is 24.8 Å². The van der Waals surface area contributed by atoms with Crippen LogP contribution in [0.25, 0.3) is 6.08 Å². The lowest BCUT2D eigenvalue weighted by atomic mass is 10.1. The standard InChI is InChI=1S/C28H25N3O6/c1-3-36-28(34)20-6-8-23(9-7-20)31-27(33)21(17-29)16-19-4-12-25(13-5-19)37-18-26(32)30-22-10-14-24(35-2)15-11-22/h4-16H,3,18H2,1-2H3,(H,30,32)(H,31,33)/b21-16+. The molecule has 0 aliphatic carbocycles. The van der Waals surface area contributed by atoms with Gasteiger partial charge in [-0.15, -0.1) is 0 Å². The fourth-order valence-electron chi connectivity index (χ4n) is 3.10. The van der Waals surface area contributed by atoms with Gasteiger partial charge in [-0.05, 0) is 79.2 Å². The molecule has 3 aromatic carbocycles. The second-order valence-electron chi connectivity index (χ2n) is 7.56. The Kier molecular flexibility index (Phi) is 9.39. The Bertz CT molecular complexity index is 1310. The number of carbonyl (C=O) groups excluding carboxylic acids is 3. The van der Waals surface area contributed by atoms with Crippen molar-refractivity contribution < 1.29 is 28.6 Å². The maximum absolute atomic E-state index is 12.5. The molecule has 188 valence electrons. The lowest BCUT2D eigenvalue weighted by molar-refractivity contribution is -0.118. The van der Waals surface area contributed by atoms with Gasteiger partial charge in [-0.2, -0.15) is 5.26 Å². The Morgan fingerprint density at radius 2 is 1.46 bits per heavy atom. The van der Waals surface area contributed by atoms with Crippen molar-refractivity contribution in [2.75, 3.05) is 31.0 Å². The number of anilines is 2. The summed E-state index contributed by atoms with van der Waals surface area (Å²) in [7, 11) is 1.56. The SMILES string of the molecule is CCOC(=O)c1ccc(NC(=O)/C(C#N)=C/c2ccc(OCC(=O)Nc3ccc(OC)cc3)cc2)cc1. The van der Waals surface area contributed by atoms with Crippen molar-refractivity contribution >= 4 is 35.2 Å². The first-order valence-electron chi connectivity index (χ1n) is 11.3. The second kappa shape index (κ2) is 13.1. The summed E-state index contributed by atoms with van der Waals surface area (Å²) in [6, 6.07) is 21.5. The van der Waals surface area contributed by atoms with E-state index in [0.29, 0.717) is 34.0 Å². The van der Waals surface area contributed by atoms with Gasteiger partial charge in [0.25, 0.3) is 11.8 Å². The summed E-state index contributed by atoms with van der Waals surface area (Å²) in [4.78, 5) is 36.4. The first-order valence-corrected chi connectivity index (χ1v) is 11.3. The molecule has 3 aromatic rings. The molecule has 0 atom stereocenters. The van der Waals surface area contributed by atoms with Crippen LogP contribution in [-0.4, -0.2) is 38.1 Å². The molecule has 0 saturated heterocycles. The van der Waals surface area contributed by atoms with Crippen molar-refractivity contribution in [2.45, 2.75) is 6.92 Å². The quantitative estimate of drug-likeness (QED) is 0.240. The summed E-state index contributed by atoms with van der Waals surface area (Å²) in [5.41, 5.74) is 1.89. The van der Waals surface area contributed by atoms with Crippen LogP contribution >= 0.6 is 0 Å². The summed E-state index contributed by atoms with van der Waals surface area (Å²) in [6.07, 6.45) is 1.43. The van der Waals surface area contributed by atoms with Crippen LogP contribution in [-0.2, 0) is 14.3 Å². The van der Waals surface area contributed by atoms with Gasteiger partial charge in [0.1, 0.15) is 23.1 Å². The lowest BCUT2D eigenvalue weighted by Crippen LogP contribution is -2.20. The predicted octanol–water partition coefficient (Wildman–Crippen LogP) is 4.44. The van der Waals surface area contributed by atoms with Gasteiger partial charge in [-0.25, -0.2) is 4.79 Å². The smallest absolute Gasteiger partial charge is 0.338 e. The number of carbonyl (C=O) groups is 3. The zero-order chi connectivity index (χ0) is 26.6. The van der Waals surface area contributed by atoms with Crippen molar-refractivity contribution in [3.63, 3.8) is 0 Å². The second-order valence-corrected chi connectivity index (χ2v) is 7.56. The van der Waals surface area contributed by atoms with Crippen LogP contribution < -0.4 is 20.1 Å². The number of ether oxygens (including phenoxy) is 3. The normalized spacial score (nSPS) is 10.6. The molecule has 0 bridgehead atoms. The van der Waals surface area contributed by atoms with Crippen molar-refractivity contribution in [3.05, 3.63) is 89.5 Å². The number of rotatable bonds is 10. The fourth-order valence-corrected chi connectivity index (χ4v) is 3.10. The van der Waals surface area contributed by atoms with E-state index < -0.39 is 11.9 Å². The summed E-state index contributed by atoms with van der Waals surface area (Å²) in [6.45, 7) is 1.79. The van der Waals surface area contributed by atoms with Crippen LogP contribution in [0.4, 0.5) is 11.4 Å². The maximum atomic E-state index is 12.5. The van der Waals surface area contributed by atoms with Gasteiger partial charge in [-0.1, -0.05) is 12.1 Å². The molecule has 0 fully saturated rings. The van der Waals surface area contributed by atoms with Gasteiger partial charge >= 0.3 is 5.97 Å². The van der Waals surface area contributed by atoms with Crippen molar-refractivity contribution in [2.24, 2.45) is 0 Å². The number of hydrogen-bond donors (Lipinski definition) is 2. The molecule has 0 saturated carbocycles. The number of nitrogens with one attached hydrogen (secondary N) is 2. The highest BCUT2D eigenvalue weighted by Crippen LogP contribution is 2.18. The number of benzene rings is 3. The molecular formula is C28H25N3O6. The Hall–Kier alpha value is -5.10. The van der Waals surface area contributed by atoms with Crippen molar-refractivity contribution in [1.82, 2.24) is 0 Å². The highest BCUT2D eigenvalue weighted by Gasteiger charge is 2.11. The van der Waals surface area contributed by atoms with Crippen LogP contribution in [0.2, 0.25) is 0 Å². The van der Waals surface area contributed by atoms with E-state index in [1.807, 2.05) is 6.07 Å². The number of nitriles is 1. The highest BCUT2D eigenvalue weighted by atomic mass is 16.5. The molecule has 0 aliphatic heterocycles. The van der Waals surface area contributed by atoms with Gasteiger partial charge in [0.2, 0.25) is 0 Å². The number of nitrogens with zero attached hydrogens (tertiary/aromatic N) is 1. The van der Waals surface area contributed by atoms with E-state index in [2.05, 4.69) is 10.6 Å². The summed E-state index contributed by atoms with van der Waals surface area (Å²) < 4.78 is 15.5. The minimum atomic E-state index is -0.595. The summed E-state index contributed by atoms with van der Waals surface area (Å²) in [5, 5.41) is 14.8. The lowest BCUT2D eigenvalue weighted by Gasteiger charge is -2.08. The molecular weight excluding hydrogens is 474 g/mol. The molecule has 37 heavy (non-hydrogen) atoms. The van der Waals surface area contributed by atoms with Crippen molar-refractivity contribution in [3.8, 4) is 17.6 Å². The summed E-state index contributed by atoms with van der Waals surface area (Å²) in [5.74, 6) is -0.241. The van der Waals surface area contributed by atoms with E-state index in [1.54, 1.807) is 74.7 Å². The van der Waals surface area contributed by atoms with E-state index in [4.69, 9.17) is 14.2 Å². The molecule has 3 rings (SSSR count). The largest absolute Gasteiger partial charge is 0.497 e. The van der Waals surface area contributed by atoms with Gasteiger partial charge in [0, 0.05) is 11.4 Å². The van der Waals surface area contributed by atoms with E-state index in [-0.39, 0.29) is 24.7 Å².